The zero-order chi connectivity index (χ0) is 10.4. The number of likely N-dealkylation sites (tertiary alicyclic amines) is 1. The lowest BCUT2D eigenvalue weighted by atomic mass is 10.0. The monoisotopic (exact) mass is 198 g/mol. The van der Waals surface area contributed by atoms with Gasteiger partial charge in [0, 0.05) is 12.1 Å². The molecule has 0 bridgehead atoms. The average molecular weight is 198 g/mol. The highest BCUT2D eigenvalue weighted by atomic mass is 15.2. The van der Waals surface area contributed by atoms with Crippen molar-refractivity contribution in [1.29, 1.82) is 0 Å². The molecule has 2 rings (SSSR count). The molecule has 1 atom stereocenters. The van der Waals surface area contributed by atoms with Gasteiger partial charge in [-0.1, -0.05) is 13.8 Å². The van der Waals surface area contributed by atoms with Crippen LogP contribution in [0, 0.1) is 0 Å². The fourth-order valence-corrected chi connectivity index (χ4v) is 2.64. The predicted octanol–water partition coefficient (Wildman–Crippen LogP) is 2.25. The maximum absolute atomic E-state index is 3.43. The van der Waals surface area contributed by atoms with E-state index in [-0.39, 0.29) is 0 Å². The third kappa shape index (κ3) is 2.96. The van der Waals surface area contributed by atoms with Crippen LogP contribution in [-0.4, -0.2) is 36.6 Å². The highest BCUT2D eigenvalue weighted by molar-refractivity contribution is 4.84. The van der Waals surface area contributed by atoms with Crippen molar-refractivity contribution in [1.82, 2.24) is 10.2 Å². The molecule has 0 amide bonds. The summed E-state index contributed by atoms with van der Waals surface area (Å²) in [6.07, 6.45) is 5.57. The van der Waals surface area contributed by atoms with Gasteiger partial charge >= 0.3 is 0 Å². The Kier molecular flexibility index (Phi) is 5.49. The second-order valence-electron chi connectivity index (χ2n) is 4.21. The second-order valence-corrected chi connectivity index (χ2v) is 4.21. The topological polar surface area (TPSA) is 15.3 Å². The number of rotatable bonds is 1. The fourth-order valence-electron chi connectivity index (χ4n) is 2.64. The summed E-state index contributed by atoms with van der Waals surface area (Å²) in [6.45, 7) is 10.2. The fraction of sp³-hybridized carbons (Fsp3) is 1.00. The van der Waals surface area contributed by atoms with Crippen molar-refractivity contribution in [3.63, 3.8) is 0 Å². The number of piperidine rings is 1. The molecule has 0 aliphatic carbocycles. The van der Waals surface area contributed by atoms with E-state index in [4.69, 9.17) is 0 Å². The molecule has 1 N–H and O–H groups in total. The Labute approximate surface area is 89.1 Å². The van der Waals surface area contributed by atoms with Crippen LogP contribution in [0.4, 0.5) is 0 Å². The normalized spacial score (nSPS) is 29.8. The number of nitrogens with one attached hydrogen (secondary N) is 1. The minimum Gasteiger partial charge on any atom is -0.317 e. The number of nitrogens with zero attached hydrogens (tertiary/aromatic N) is 1. The minimum absolute atomic E-state index is 0.855. The Morgan fingerprint density at radius 3 is 2.21 bits per heavy atom. The average Bonchev–Trinajstić information content (AvgIpc) is 2.69. The Hall–Kier alpha value is -0.0800. The van der Waals surface area contributed by atoms with Crippen LogP contribution < -0.4 is 5.32 Å². The Balaban J connectivity index is 0.000000461. The molecule has 14 heavy (non-hydrogen) atoms. The van der Waals surface area contributed by atoms with Crippen LogP contribution in [0.1, 0.15) is 46.5 Å². The van der Waals surface area contributed by atoms with Crippen LogP contribution in [0.2, 0.25) is 0 Å². The highest BCUT2D eigenvalue weighted by Gasteiger charge is 2.28. The van der Waals surface area contributed by atoms with Crippen LogP contribution in [0.3, 0.4) is 0 Å². The van der Waals surface area contributed by atoms with E-state index in [9.17, 15) is 0 Å². The zero-order valence-electron chi connectivity index (χ0n) is 10.1. The molecule has 84 valence electrons. The first-order chi connectivity index (χ1) is 6.88. The maximum atomic E-state index is 3.43. The SMILES string of the molecule is CC.CC1CCCN1C1CCNCC1. The molecule has 2 heteroatoms. The molecule has 2 saturated heterocycles. The highest BCUT2D eigenvalue weighted by Crippen LogP contribution is 2.23. The summed E-state index contributed by atoms with van der Waals surface area (Å²) in [5.41, 5.74) is 0. The summed E-state index contributed by atoms with van der Waals surface area (Å²) in [7, 11) is 0. The van der Waals surface area contributed by atoms with Gasteiger partial charge in [0.2, 0.25) is 0 Å². The summed E-state index contributed by atoms with van der Waals surface area (Å²) < 4.78 is 0. The van der Waals surface area contributed by atoms with E-state index in [1.807, 2.05) is 13.8 Å². The lowest BCUT2D eigenvalue weighted by Crippen LogP contribution is -2.44. The van der Waals surface area contributed by atoms with Gasteiger partial charge in [0.15, 0.2) is 0 Å². The first-order valence-corrected chi connectivity index (χ1v) is 6.34. The van der Waals surface area contributed by atoms with E-state index in [1.54, 1.807) is 0 Å². The van der Waals surface area contributed by atoms with Gasteiger partial charge in [-0.05, 0) is 52.2 Å². The van der Waals surface area contributed by atoms with E-state index in [0.717, 1.165) is 12.1 Å². The van der Waals surface area contributed by atoms with E-state index in [2.05, 4.69) is 17.1 Å². The van der Waals surface area contributed by atoms with Gasteiger partial charge in [0.1, 0.15) is 0 Å². The standard InChI is InChI=1S/C10H20N2.C2H6/c1-9-3-2-8-12(9)10-4-6-11-7-5-10;1-2/h9-11H,2-8H2,1H3;1-2H3. The van der Waals surface area contributed by atoms with Crippen LogP contribution in [0.15, 0.2) is 0 Å². The van der Waals surface area contributed by atoms with Crippen molar-refractivity contribution in [2.24, 2.45) is 0 Å². The molecule has 0 spiro atoms. The number of hydrogen-bond acceptors (Lipinski definition) is 2. The summed E-state index contributed by atoms with van der Waals surface area (Å²) in [4.78, 5) is 2.72. The van der Waals surface area contributed by atoms with Crippen LogP contribution in [-0.2, 0) is 0 Å². The molecule has 0 saturated carbocycles. The zero-order valence-corrected chi connectivity index (χ0v) is 10.1. The molecule has 2 fully saturated rings. The van der Waals surface area contributed by atoms with Gasteiger partial charge in [-0.2, -0.15) is 0 Å². The molecule has 2 nitrogen and oxygen atoms in total. The summed E-state index contributed by atoms with van der Waals surface area (Å²) in [5, 5.41) is 3.43. The number of hydrogen-bond donors (Lipinski definition) is 1. The maximum Gasteiger partial charge on any atom is 0.0122 e. The van der Waals surface area contributed by atoms with Gasteiger partial charge in [0.25, 0.3) is 0 Å². The molecular formula is C12H26N2. The Morgan fingerprint density at radius 1 is 1.07 bits per heavy atom. The van der Waals surface area contributed by atoms with Gasteiger partial charge in [-0.15, -0.1) is 0 Å². The van der Waals surface area contributed by atoms with Gasteiger partial charge in [0.05, 0.1) is 0 Å². The van der Waals surface area contributed by atoms with Crippen molar-refractivity contribution in [3.05, 3.63) is 0 Å². The van der Waals surface area contributed by atoms with Crippen LogP contribution >= 0.6 is 0 Å². The molecule has 0 aromatic carbocycles. The summed E-state index contributed by atoms with van der Waals surface area (Å²) >= 11 is 0. The van der Waals surface area contributed by atoms with Crippen molar-refractivity contribution in [2.75, 3.05) is 19.6 Å². The molecular weight excluding hydrogens is 172 g/mol. The first kappa shape index (κ1) is 12.0. The van der Waals surface area contributed by atoms with E-state index < -0.39 is 0 Å². The third-order valence-corrected chi connectivity index (χ3v) is 3.38. The van der Waals surface area contributed by atoms with Gasteiger partial charge < -0.3 is 5.32 Å². The molecule has 0 aromatic heterocycles. The Bertz CT molecular complexity index is 141. The minimum atomic E-state index is 0.855. The van der Waals surface area contributed by atoms with Gasteiger partial charge in [-0.25, -0.2) is 0 Å². The lowest BCUT2D eigenvalue weighted by Gasteiger charge is -2.34. The van der Waals surface area contributed by atoms with Crippen molar-refractivity contribution in [3.8, 4) is 0 Å². The molecule has 2 aliphatic heterocycles. The van der Waals surface area contributed by atoms with Crippen molar-refractivity contribution in [2.45, 2.75) is 58.5 Å². The van der Waals surface area contributed by atoms with Crippen molar-refractivity contribution < 1.29 is 0 Å². The largest absolute Gasteiger partial charge is 0.317 e. The van der Waals surface area contributed by atoms with E-state index in [0.29, 0.717) is 0 Å². The van der Waals surface area contributed by atoms with Crippen molar-refractivity contribution >= 4 is 0 Å². The summed E-state index contributed by atoms with van der Waals surface area (Å²) in [5.74, 6) is 0. The molecule has 0 radical (unpaired) electrons. The van der Waals surface area contributed by atoms with Crippen LogP contribution in [0.25, 0.3) is 0 Å². The second kappa shape index (κ2) is 6.41. The lowest BCUT2D eigenvalue weighted by molar-refractivity contribution is 0.156. The molecule has 2 aliphatic rings. The smallest absolute Gasteiger partial charge is 0.0122 e. The van der Waals surface area contributed by atoms with Crippen LogP contribution in [0.5, 0.6) is 0 Å². The molecule has 0 aromatic rings. The third-order valence-electron chi connectivity index (χ3n) is 3.38. The quantitative estimate of drug-likeness (QED) is 0.695. The first-order valence-electron chi connectivity index (χ1n) is 6.34. The Morgan fingerprint density at radius 2 is 1.71 bits per heavy atom. The van der Waals surface area contributed by atoms with E-state index >= 15 is 0 Å². The van der Waals surface area contributed by atoms with E-state index in [1.165, 1.54) is 45.3 Å². The molecule has 1 unspecified atom stereocenters. The predicted molar refractivity (Wildman–Crippen MR) is 62.6 cm³/mol. The molecule has 2 heterocycles. The summed E-state index contributed by atoms with van der Waals surface area (Å²) in [6, 6.07) is 1.75. The van der Waals surface area contributed by atoms with Gasteiger partial charge in [-0.3, -0.25) is 4.90 Å².